The highest BCUT2D eigenvalue weighted by Crippen LogP contribution is 2.11. The number of carbonyl (C=O) groups excluding carboxylic acids is 2. The van der Waals surface area contributed by atoms with Crippen LogP contribution in [0.5, 0.6) is 0 Å². The highest BCUT2D eigenvalue weighted by atomic mass is 79.9. The molecule has 2 aromatic rings. The number of hydrogen-bond acceptors (Lipinski definition) is 2. The van der Waals surface area contributed by atoms with Gasteiger partial charge < -0.3 is 4.98 Å². The van der Waals surface area contributed by atoms with Crippen LogP contribution in [0.15, 0.2) is 45.5 Å². The van der Waals surface area contributed by atoms with Gasteiger partial charge in [0.1, 0.15) is 5.69 Å². The van der Waals surface area contributed by atoms with Crippen LogP contribution < -0.4 is 10.9 Å². The van der Waals surface area contributed by atoms with Crippen LogP contribution in [-0.4, -0.2) is 16.8 Å². The van der Waals surface area contributed by atoms with Crippen molar-refractivity contribution < 1.29 is 9.59 Å². The first-order valence-corrected chi connectivity index (χ1v) is 6.85. The molecule has 0 atom stereocenters. The Bertz CT molecular complexity index is 625. The van der Waals surface area contributed by atoms with Gasteiger partial charge in [0.05, 0.1) is 0 Å². The minimum atomic E-state index is -0.422. The van der Waals surface area contributed by atoms with Crippen LogP contribution in [0.25, 0.3) is 0 Å². The van der Waals surface area contributed by atoms with Gasteiger partial charge in [0, 0.05) is 20.7 Å². The molecule has 7 heteroatoms. The first kappa shape index (κ1) is 13.8. The first-order chi connectivity index (χ1) is 9.06. The van der Waals surface area contributed by atoms with Crippen molar-refractivity contribution in [1.29, 1.82) is 0 Å². The third-order valence-electron chi connectivity index (χ3n) is 2.27. The molecule has 1 aromatic carbocycles. The Morgan fingerprint density at radius 2 is 1.74 bits per heavy atom. The Morgan fingerprint density at radius 1 is 1.00 bits per heavy atom. The zero-order chi connectivity index (χ0) is 13.8. The molecule has 0 bridgehead atoms. The smallest absolute Gasteiger partial charge is 0.286 e. The molecule has 2 rings (SSSR count). The number of benzene rings is 1. The summed E-state index contributed by atoms with van der Waals surface area (Å²) in [5.74, 6) is -0.811. The maximum atomic E-state index is 11.8. The van der Waals surface area contributed by atoms with Gasteiger partial charge in [0.15, 0.2) is 0 Å². The molecule has 19 heavy (non-hydrogen) atoms. The van der Waals surface area contributed by atoms with Gasteiger partial charge in [-0.25, -0.2) is 0 Å². The van der Waals surface area contributed by atoms with Gasteiger partial charge in [0.2, 0.25) is 0 Å². The van der Waals surface area contributed by atoms with Crippen LogP contribution in [0.1, 0.15) is 20.8 Å². The number of aromatic nitrogens is 1. The number of halogens is 2. The van der Waals surface area contributed by atoms with Crippen molar-refractivity contribution in [3.63, 3.8) is 0 Å². The van der Waals surface area contributed by atoms with E-state index in [0.29, 0.717) is 11.3 Å². The Balaban J connectivity index is 1.95. The molecule has 0 radical (unpaired) electrons. The van der Waals surface area contributed by atoms with Crippen LogP contribution in [-0.2, 0) is 0 Å². The lowest BCUT2D eigenvalue weighted by Crippen LogP contribution is -2.41. The standard InChI is InChI=1S/C12H9Br2N3O2/c13-8-3-1-2-7(4-8)11(18)16-17-12(19)10-5-9(14)6-15-10/h1-6,15H,(H,16,18)(H,17,19). The number of nitrogens with one attached hydrogen (secondary N) is 3. The molecule has 0 aliphatic heterocycles. The molecule has 1 aromatic heterocycles. The molecular formula is C12H9Br2N3O2. The summed E-state index contributed by atoms with van der Waals surface area (Å²) in [7, 11) is 0. The fourth-order valence-electron chi connectivity index (χ4n) is 1.38. The van der Waals surface area contributed by atoms with E-state index >= 15 is 0 Å². The zero-order valence-electron chi connectivity index (χ0n) is 9.54. The minimum absolute atomic E-state index is 0.349. The largest absolute Gasteiger partial charge is 0.356 e. The third-order valence-corrected chi connectivity index (χ3v) is 3.22. The summed E-state index contributed by atoms with van der Waals surface area (Å²) in [4.78, 5) is 26.2. The fraction of sp³-hybridized carbons (Fsp3) is 0. The maximum absolute atomic E-state index is 11.8. The zero-order valence-corrected chi connectivity index (χ0v) is 12.7. The van der Waals surface area contributed by atoms with E-state index in [1.165, 1.54) is 0 Å². The monoisotopic (exact) mass is 385 g/mol. The number of carbonyl (C=O) groups is 2. The number of amides is 2. The molecule has 0 aliphatic rings. The number of hydrazine groups is 1. The summed E-state index contributed by atoms with van der Waals surface area (Å²) in [5, 5.41) is 0. The van der Waals surface area contributed by atoms with Crippen molar-refractivity contribution in [3.8, 4) is 0 Å². The highest BCUT2D eigenvalue weighted by molar-refractivity contribution is 9.10. The van der Waals surface area contributed by atoms with Gasteiger partial charge in [-0.3, -0.25) is 20.4 Å². The van der Waals surface area contributed by atoms with E-state index in [1.54, 1.807) is 30.5 Å². The second-order valence-electron chi connectivity index (χ2n) is 3.65. The molecule has 0 saturated carbocycles. The van der Waals surface area contributed by atoms with Crippen LogP contribution in [0, 0.1) is 0 Å². The van der Waals surface area contributed by atoms with Gasteiger partial charge in [-0.2, -0.15) is 0 Å². The van der Waals surface area contributed by atoms with Gasteiger partial charge in [-0.05, 0) is 40.2 Å². The molecular weight excluding hydrogens is 378 g/mol. The maximum Gasteiger partial charge on any atom is 0.286 e. The summed E-state index contributed by atoms with van der Waals surface area (Å²) in [6.45, 7) is 0. The number of aromatic amines is 1. The number of H-pyrrole nitrogens is 1. The lowest BCUT2D eigenvalue weighted by Gasteiger charge is -2.06. The fourth-order valence-corrected chi connectivity index (χ4v) is 2.12. The molecule has 0 unspecified atom stereocenters. The molecule has 5 nitrogen and oxygen atoms in total. The Morgan fingerprint density at radius 3 is 2.37 bits per heavy atom. The van der Waals surface area contributed by atoms with E-state index < -0.39 is 5.91 Å². The Kier molecular flexibility index (Phi) is 4.39. The van der Waals surface area contributed by atoms with E-state index in [2.05, 4.69) is 47.7 Å². The highest BCUT2D eigenvalue weighted by Gasteiger charge is 2.10. The predicted molar refractivity (Wildman–Crippen MR) is 77.6 cm³/mol. The van der Waals surface area contributed by atoms with Crippen LogP contribution in [0.2, 0.25) is 0 Å². The molecule has 3 N–H and O–H groups in total. The molecule has 2 amide bonds. The summed E-state index contributed by atoms with van der Waals surface area (Å²) in [6.07, 6.45) is 1.63. The SMILES string of the molecule is O=C(NNC(=O)c1cc(Br)c[nH]1)c1cccc(Br)c1. The van der Waals surface area contributed by atoms with Crippen LogP contribution in [0.3, 0.4) is 0 Å². The molecule has 0 spiro atoms. The summed E-state index contributed by atoms with van der Waals surface area (Å²) in [6, 6.07) is 8.47. The average molecular weight is 387 g/mol. The lowest BCUT2D eigenvalue weighted by atomic mass is 10.2. The summed E-state index contributed by atoms with van der Waals surface area (Å²) in [5.41, 5.74) is 5.46. The van der Waals surface area contributed by atoms with Crippen LogP contribution >= 0.6 is 31.9 Å². The first-order valence-electron chi connectivity index (χ1n) is 5.26. The van der Waals surface area contributed by atoms with Crippen molar-refractivity contribution in [2.24, 2.45) is 0 Å². The van der Waals surface area contributed by atoms with E-state index in [1.807, 2.05) is 6.07 Å². The van der Waals surface area contributed by atoms with Crippen LogP contribution in [0.4, 0.5) is 0 Å². The molecule has 98 valence electrons. The van der Waals surface area contributed by atoms with Crippen molar-refractivity contribution in [3.05, 3.63) is 56.7 Å². The summed E-state index contributed by atoms with van der Waals surface area (Å²) >= 11 is 6.49. The Labute approximate surface area is 126 Å². The quantitative estimate of drug-likeness (QED) is 0.694. The normalized spacial score (nSPS) is 10.0. The third kappa shape index (κ3) is 3.68. The topological polar surface area (TPSA) is 74.0 Å². The van der Waals surface area contributed by atoms with Crippen molar-refractivity contribution in [1.82, 2.24) is 15.8 Å². The van der Waals surface area contributed by atoms with E-state index in [-0.39, 0.29) is 5.91 Å². The molecule has 0 fully saturated rings. The average Bonchev–Trinajstić information content (AvgIpc) is 2.82. The number of rotatable bonds is 2. The van der Waals surface area contributed by atoms with Gasteiger partial charge in [-0.15, -0.1) is 0 Å². The second-order valence-corrected chi connectivity index (χ2v) is 5.48. The molecule has 0 saturated heterocycles. The van der Waals surface area contributed by atoms with E-state index in [4.69, 9.17) is 0 Å². The van der Waals surface area contributed by atoms with Gasteiger partial charge >= 0.3 is 0 Å². The van der Waals surface area contributed by atoms with Gasteiger partial charge in [-0.1, -0.05) is 22.0 Å². The predicted octanol–water partition coefficient (Wildman–Crippen LogP) is 2.61. The number of hydrogen-bond donors (Lipinski definition) is 3. The molecule has 1 heterocycles. The summed E-state index contributed by atoms with van der Waals surface area (Å²) < 4.78 is 1.55. The van der Waals surface area contributed by atoms with Crippen molar-refractivity contribution >= 4 is 43.7 Å². The van der Waals surface area contributed by atoms with Gasteiger partial charge in [0.25, 0.3) is 11.8 Å². The minimum Gasteiger partial charge on any atom is -0.356 e. The van der Waals surface area contributed by atoms with Crippen molar-refractivity contribution in [2.75, 3.05) is 0 Å². The Hall–Kier alpha value is -1.60. The molecule has 0 aliphatic carbocycles. The van der Waals surface area contributed by atoms with Crippen molar-refractivity contribution in [2.45, 2.75) is 0 Å². The van der Waals surface area contributed by atoms with E-state index in [9.17, 15) is 9.59 Å². The van der Waals surface area contributed by atoms with E-state index in [0.717, 1.165) is 8.95 Å². The second kappa shape index (κ2) is 6.03. The lowest BCUT2D eigenvalue weighted by molar-refractivity contribution is 0.0844.